The lowest BCUT2D eigenvalue weighted by molar-refractivity contribution is -0.291. The molecule has 0 radical (unpaired) electrons. The summed E-state index contributed by atoms with van der Waals surface area (Å²) in [6.07, 6.45) is -4.37. The smallest absolute Gasteiger partial charge is 0.308 e. The molecule has 5 atom stereocenters. The average molecular weight is 619 g/mol. The second-order valence-electron chi connectivity index (χ2n) is 10.1. The third-order valence-corrected chi connectivity index (χ3v) is 7.17. The summed E-state index contributed by atoms with van der Waals surface area (Å²) in [7, 11) is 0. The molecule has 1 saturated heterocycles. The molecule has 1 aliphatic rings. The maximum atomic E-state index is 12.4. The highest BCUT2D eigenvalue weighted by molar-refractivity contribution is 6.31. The van der Waals surface area contributed by atoms with Crippen LogP contribution in [-0.4, -0.2) is 60.9 Å². The number of rotatable bonds is 10. The molecule has 2 aromatic carbocycles. The zero-order valence-electron chi connectivity index (χ0n) is 24.8. The Morgan fingerprint density at radius 3 is 1.93 bits per heavy atom. The minimum absolute atomic E-state index is 0.199. The number of hydrogen-bond donors (Lipinski definition) is 0. The van der Waals surface area contributed by atoms with E-state index in [2.05, 4.69) is 0 Å². The van der Waals surface area contributed by atoms with Crippen molar-refractivity contribution < 1.29 is 52.4 Å². The first-order valence-electron chi connectivity index (χ1n) is 13.6. The van der Waals surface area contributed by atoms with Crippen molar-refractivity contribution in [2.75, 3.05) is 6.61 Å². The van der Waals surface area contributed by atoms with Gasteiger partial charge in [-0.2, -0.15) is 0 Å². The molecule has 1 aliphatic heterocycles. The molecule has 0 N–H and O–H groups in total. The van der Waals surface area contributed by atoms with Crippen molar-refractivity contribution in [1.82, 2.24) is 0 Å². The van der Waals surface area contributed by atoms with Gasteiger partial charge in [0.15, 0.2) is 18.3 Å². The summed E-state index contributed by atoms with van der Waals surface area (Å²) >= 11 is 6.61. The molecule has 232 valence electrons. The van der Waals surface area contributed by atoms with Crippen molar-refractivity contribution in [3.63, 3.8) is 0 Å². The van der Waals surface area contributed by atoms with Gasteiger partial charge in [0.05, 0.1) is 0 Å². The van der Waals surface area contributed by atoms with Crippen LogP contribution in [0.1, 0.15) is 64.7 Å². The predicted octanol–water partition coefficient (Wildman–Crippen LogP) is 4.22. The lowest BCUT2D eigenvalue weighted by Gasteiger charge is -2.51. The third-order valence-electron chi connectivity index (χ3n) is 6.80. The Bertz CT molecular complexity index is 1360. The van der Waals surface area contributed by atoms with E-state index in [9.17, 15) is 24.0 Å². The van der Waals surface area contributed by atoms with Gasteiger partial charge in [-0.3, -0.25) is 24.0 Å². The van der Waals surface area contributed by atoms with E-state index in [4.69, 9.17) is 40.0 Å². The molecule has 0 spiro atoms. The molecule has 1 heterocycles. The van der Waals surface area contributed by atoms with Crippen molar-refractivity contribution in [2.45, 2.75) is 84.4 Å². The molecule has 3 rings (SSSR count). The van der Waals surface area contributed by atoms with E-state index < -0.39 is 59.9 Å². The molecule has 0 aliphatic carbocycles. The zero-order chi connectivity index (χ0) is 31.9. The largest absolute Gasteiger partial charge is 0.463 e. The second-order valence-corrected chi connectivity index (χ2v) is 10.5. The van der Waals surface area contributed by atoms with Gasteiger partial charge in [-0.15, -0.1) is 0 Å². The lowest BCUT2D eigenvalue weighted by atomic mass is 9.77. The van der Waals surface area contributed by atoms with Crippen LogP contribution in [0.3, 0.4) is 0 Å². The third kappa shape index (κ3) is 8.55. The Morgan fingerprint density at radius 2 is 1.40 bits per heavy atom. The number of benzene rings is 2. The van der Waals surface area contributed by atoms with E-state index in [1.54, 1.807) is 49.4 Å². The molecule has 12 heteroatoms. The van der Waals surface area contributed by atoms with Crippen molar-refractivity contribution in [3.8, 4) is 5.75 Å². The van der Waals surface area contributed by atoms with E-state index in [-0.39, 0.29) is 13.0 Å². The van der Waals surface area contributed by atoms with Crippen LogP contribution in [0, 0.1) is 0 Å². The topological polar surface area (TPSA) is 141 Å². The number of carbonyl (C=O) groups excluding carboxylic acids is 5. The van der Waals surface area contributed by atoms with Crippen LogP contribution >= 0.6 is 11.6 Å². The van der Waals surface area contributed by atoms with Crippen LogP contribution in [0.25, 0.3) is 0 Å². The van der Waals surface area contributed by atoms with E-state index in [0.29, 0.717) is 28.3 Å². The van der Waals surface area contributed by atoms with Crippen molar-refractivity contribution >= 4 is 41.4 Å². The number of ether oxygens (including phenoxy) is 6. The number of esters is 5. The molecule has 2 aromatic rings. The molecular weight excluding hydrogens is 584 g/mol. The number of carbonyl (C=O) groups is 5. The van der Waals surface area contributed by atoms with Crippen molar-refractivity contribution in [1.29, 1.82) is 0 Å². The van der Waals surface area contributed by atoms with Crippen molar-refractivity contribution in [2.24, 2.45) is 0 Å². The molecule has 43 heavy (non-hydrogen) atoms. The fourth-order valence-corrected chi connectivity index (χ4v) is 5.32. The van der Waals surface area contributed by atoms with Crippen LogP contribution < -0.4 is 4.74 Å². The van der Waals surface area contributed by atoms with Crippen LogP contribution in [0.2, 0.25) is 5.02 Å². The summed E-state index contributed by atoms with van der Waals surface area (Å²) in [4.78, 5) is 59.8. The fraction of sp³-hybridized carbons (Fsp3) is 0.452. The van der Waals surface area contributed by atoms with Crippen LogP contribution in [0.5, 0.6) is 5.75 Å². The molecule has 0 bridgehead atoms. The highest BCUT2D eigenvalue weighted by Gasteiger charge is 2.59. The Labute approximate surface area is 254 Å². The molecule has 0 saturated carbocycles. The highest BCUT2D eigenvalue weighted by atomic mass is 35.5. The highest BCUT2D eigenvalue weighted by Crippen LogP contribution is 2.45. The summed E-state index contributed by atoms with van der Waals surface area (Å²) in [6, 6.07) is 12.1. The molecule has 1 fully saturated rings. The van der Waals surface area contributed by atoms with Crippen molar-refractivity contribution in [3.05, 3.63) is 64.2 Å². The molecule has 11 nitrogen and oxygen atoms in total. The summed E-state index contributed by atoms with van der Waals surface area (Å²) in [5.41, 5.74) is 0.636. The summed E-state index contributed by atoms with van der Waals surface area (Å²) in [5.74, 6) is -2.75. The molecule has 1 unspecified atom stereocenters. The summed E-state index contributed by atoms with van der Waals surface area (Å²) in [5, 5.41) is 0.449. The van der Waals surface area contributed by atoms with Gasteiger partial charge in [0.2, 0.25) is 0 Å². The molecule has 0 aromatic heterocycles. The Balaban J connectivity index is 2.14. The molecule has 0 amide bonds. The number of halogens is 1. The Kier molecular flexibility index (Phi) is 11.3. The van der Waals surface area contributed by atoms with Gasteiger partial charge >= 0.3 is 29.8 Å². The number of hydrogen-bond acceptors (Lipinski definition) is 11. The van der Waals surface area contributed by atoms with E-state index in [1.807, 2.05) is 0 Å². The summed E-state index contributed by atoms with van der Waals surface area (Å²) in [6.45, 7) is 7.52. The van der Waals surface area contributed by atoms with Crippen LogP contribution in [-0.2, 0) is 59.7 Å². The van der Waals surface area contributed by atoms with E-state index in [1.165, 1.54) is 34.6 Å². The standard InChI is InChI=1S/C31H35ClO11/c1-7-31(24-10-13-26(32)23(15-24)14-22-8-11-25(12-9-22)39-18(3)34)30(42-21(6)37)29(41-20(5)36)28(40-19(4)35)27(43-31)16-38-17(2)33/h8-13,15,27-30H,7,14,16H2,1-6H3/t27-,28-,29+,30-,31?/m1/s1. The predicted molar refractivity (Wildman–Crippen MR) is 152 cm³/mol. The first-order valence-corrected chi connectivity index (χ1v) is 14.0. The minimum atomic E-state index is -1.45. The maximum Gasteiger partial charge on any atom is 0.308 e. The monoisotopic (exact) mass is 618 g/mol. The van der Waals surface area contributed by atoms with E-state index >= 15 is 0 Å². The normalized spacial score (nSPS) is 23.0. The lowest BCUT2D eigenvalue weighted by Crippen LogP contribution is -2.66. The SMILES string of the molecule is CCC1(c2ccc(Cl)c(Cc3ccc(OC(C)=O)cc3)c2)O[C@H](COC(C)=O)[C@@H](OC(C)=O)[C@H](OC(C)=O)[C@H]1OC(C)=O. The van der Waals surface area contributed by atoms with Gasteiger partial charge in [-0.25, -0.2) is 0 Å². The first-order chi connectivity index (χ1) is 20.2. The molecular formula is C31H35ClO11. The Hall–Kier alpha value is -3.96. The van der Waals surface area contributed by atoms with Gasteiger partial charge in [0.25, 0.3) is 0 Å². The quantitative estimate of drug-likeness (QED) is 0.215. The zero-order valence-corrected chi connectivity index (χ0v) is 25.6. The Morgan fingerprint density at radius 1 is 0.791 bits per heavy atom. The van der Waals surface area contributed by atoms with Crippen LogP contribution in [0.4, 0.5) is 0 Å². The maximum absolute atomic E-state index is 12.4. The average Bonchev–Trinajstić information content (AvgIpc) is 2.91. The van der Waals surface area contributed by atoms with Gasteiger partial charge in [-0.1, -0.05) is 42.8 Å². The van der Waals surface area contributed by atoms with E-state index in [0.717, 1.165) is 5.56 Å². The minimum Gasteiger partial charge on any atom is -0.463 e. The van der Waals surface area contributed by atoms with Gasteiger partial charge in [0, 0.05) is 39.6 Å². The van der Waals surface area contributed by atoms with Gasteiger partial charge in [0.1, 0.15) is 24.1 Å². The second kappa shape index (κ2) is 14.5. The van der Waals surface area contributed by atoms with Gasteiger partial charge < -0.3 is 28.4 Å². The first kappa shape index (κ1) is 33.5. The van der Waals surface area contributed by atoms with Crippen LogP contribution in [0.15, 0.2) is 42.5 Å². The van der Waals surface area contributed by atoms with Gasteiger partial charge in [-0.05, 0) is 47.7 Å². The summed E-state index contributed by atoms with van der Waals surface area (Å²) < 4.78 is 33.9. The fourth-order valence-electron chi connectivity index (χ4n) is 5.13.